The number of fused-ring (bicyclic) bond motifs is 1. The minimum absolute atomic E-state index is 0.834. The highest BCUT2D eigenvalue weighted by molar-refractivity contribution is 5.87. The molecule has 1 N–H and O–H groups in total. The van der Waals surface area contributed by atoms with Gasteiger partial charge < -0.3 is 9.72 Å². The molecule has 2 heterocycles. The van der Waals surface area contributed by atoms with Gasteiger partial charge in [0.15, 0.2) is 0 Å². The monoisotopic (exact) mass is 326 g/mol. The van der Waals surface area contributed by atoms with Crippen LogP contribution < -0.4 is 4.74 Å². The Morgan fingerprint density at radius 3 is 2.67 bits per heavy atom. The van der Waals surface area contributed by atoms with Gasteiger partial charge in [-0.15, -0.1) is 0 Å². The number of aryl methyl sites for hydroxylation is 2. The summed E-state index contributed by atoms with van der Waals surface area (Å²) in [6.45, 7) is 9.00. The molecule has 0 aliphatic carbocycles. The maximum atomic E-state index is 5.67. The minimum atomic E-state index is 0.834. The Hall–Kier alpha value is -2.27. The molecule has 0 radical (unpaired) electrons. The molecule has 24 heavy (non-hydrogen) atoms. The van der Waals surface area contributed by atoms with E-state index in [0.29, 0.717) is 0 Å². The first kappa shape index (κ1) is 16.6. The Kier molecular flexibility index (Phi) is 4.62. The van der Waals surface area contributed by atoms with Crippen molar-refractivity contribution in [1.29, 1.82) is 0 Å². The van der Waals surface area contributed by atoms with Crippen LogP contribution in [0, 0.1) is 13.8 Å². The molecule has 1 aromatic carbocycles. The zero-order valence-corrected chi connectivity index (χ0v) is 15.2. The van der Waals surface area contributed by atoms with Gasteiger partial charge >= 0.3 is 0 Å². The molecule has 3 rings (SSSR count). The standard InChI is InChI=1S/C19H26N4O/c1-6-23-14(3)17(13(2)21-23)12-22(4)11-15-7-8-18-16(9-10-20-18)19(15)24-5/h7-10,20H,6,11-12H2,1-5H3. The summed E-state index contributed by atoms with van der Waals surface area (Å²) in [5, 5.41) is 5.75. The number of aromatic amines is 1. The Balaban J connectivity index is 1.83. The van der Waals surface area contributed by atoms with Crippen molar-refractivity contribution in [2.75, 3.05) is 14.2 Å². The van der Waals surface area contributed by atoms with Gasteiger partial charge in [-0.05, 0) is 40.0 Å². The number of aromatic nitrogens is 3. The summed E-state index contributed by atoms with van der Waals surface area (Å²) < 4.78 is 7.75. The zero-order valence-electron chi connectivity index (χ0n) is 15.2. The van der Waals surface area contributed by atoms with Gasteiger partial charge in [-0.2, -0.15) is 5.10 Å². The third-order valence-electron chi connectivity index (χ3n) is 4.67. The lowest BCUT2D eigenvalue weighted by atomic mass is 10.1. The summed E-state index contributed by atoms with van der Waals surface area (Å²) in [6, 6.07) is 6.33. The molecule has 128 valence electrons. The van der Waals surface area contributed by atoms with Crippen molar-refractivity contribution in [3.05, 3.63) is 46.9 Å². The van der Waals surface area contributed by atoms with Crippen LogP contribution in [0.5, 0.6) is 5.75 Å². The molecule has 5 nitrogen and oxygen atoms in total. The number of H-pyrrole nitrogens is 1. The first-order chi connectivity index (χ1) is 11.5. The highest BCUT2D eigenvalue weighted by atomic mass is 16.5. The Bertz CT molecular complexity index is 847. The van der Waals surface area contributed by atoms with Gasteiger partial charge in [-0.25, -0.2) is 0 Å². The Morgan fingerprint density at radius 1 is 1.21 bits per heavy atom. The summed E-state index contributed by atoms with van der Waals surface area (Å²) in [7, 11) is 3.88. The van der Waals surface area contributed by atoms with Crippen LogP contribution >= 0.6 is 0 Å². The lowest BCUT2D eigenvalue weighted by Crippen LogP contribution is -2.18. The molecule has 3 aromatic rings. The number of ether oxygens (including phenoxy) is 1. The van der Waals surface area contributed by atoms with Crippen molar-refractivity contribution in [2.24, 2.45) is 0 Å². The molecule has 0 aliphatic heterocycles. The third kappa shape index (κ3) is 2.91. The van der Waals surface area contributed by atoms with Crippen molar-refractivity contribution >= 4 is 10.9 Å². The van der Waals surface area contributed by atoms with E-state index < -0.39 is 0 Å². The molecule has 0 saturated carbocycles. The van der Waals surface area contributed by atoms with Crippen LogP contribution in [-0.2, 0) is 19.6 Å². The van der Waals surface area contributed by atoms with Crippen LogP contribution in [-0.4, -0.2) is 33.8 Å². The highest BCUT2D eigenvalue weighted by Gasteiger charge is 2.15. The lowest BCUT2D eigenvalue weighted by Gasteiger charge is -2.19. The van der Waals surface area contributed by atoms with E-state index in [2.05, 4.69) is 65.7 Å². The fourth-order valence-corrected chi connectivity index (χ4v) is 3.40. The second-order valence-electron chi connectivity index (χ2n) is 6.33. The second kappa shape index (κ2) is 6.69. The van der Waals surface area contributed by atoms with Gasteiger partial charge in [0.1, 0.15) is 5.75 Å². The molecule has 2 aromatic heterocycles. The van der Waals surface area contributed by atoms with Crippen LogP contribution in [0.15, 0.2) is 24.4 Å². The average Bonchev–Trinajstić information content (AvgIpc) is 3.14. The topological polar surface area (TPSA) is 46.1 Å². The van der Waals surface area contributed by atoms with Crippen molar-refractivity contribution in [3.8, 4) is 5.75 Å². The molecule has 0 saturated heterocycles. The fraction of sp³-hybridized carbons (Fsp3) is 0.421. The predicted octanol–water partition coefficient (Wildman–Crippen LogP) is 3.64. The molecule has 0 fully saturated rings. The van der Waals surface area contributed by atoms with Gasteiger partial charge in [0.05, 0.1) is 12.8 Å². The number of methoxy groups -OCH3 is 1. The molecule has 5 heteroatoms. The fourth-order valence-electron chi connectivity index (χ4n) is 3.40. The molecular weight excluding hydrogens is 300 g/mol. The lowest BCUT2D eigenvalue weighted by molar-refractivity contribution is 0.309. The minimum Gasteiger partial charge on any atom is -0.496 e. The predicted molar refractivity (Wildman–Crippen MR) is 97.4 cm³/mol. The van der Waals surface area contributed by atoms with Gasteiger partial charge in [-0.1, -0.05) is 6.07 Å². The molecule has 0 aliphatic rings. The van der Waals surface area contributed by atoms with E-state index in [4.69, 9.17) is 4.74 Å². The number of rotatable bonds is 6. The van der Waals surface area contributed by atoms with E-state index in [1.807, 2.05) is 6.20 Å². The molecule has 0 bridgehead atoms. The SMILES string of the molecule is CCn1nc(C)c(CN(C)Cc2ccc3[nH]ccc3c2OC)c1C. The Morgan fingerprint density at radius 2 is 2.00 bits per heavy atom. The quantitative estimate of drug-likeness (QED) is 0.752. The summed E-state index contributed by atoms with van der Waals surface area (Å²) in [4.78, 5) is 5.55. The van der Waals surface area contributed by atoms with E-state index in [0.717, 1.165) is 42.0 Å². The molecule has 0 spiro atoms. The molecule has 0 amide bonds. The zero-order chi connectivity index (χ0) is 17.3. The third-order valence-corrected chi connectivity index (χ3v) is 4.67. The van der Waals surface area contributed by atoms with E-state index in [1.165, 1.54) is 16.8 Å². The largest absolute Gasteiger partial charge is 0.496 e. The number of benzene rings is 1. The second-order valence-corrected chi connectivity index (χ2v) is 6.33. The maximum Gasteiger partial charge on any atom is 0.132 e. The van der Waals surface area contributed by atoms with Gasteiger partial charge in [0.2, 0.25) is 0 Å². The average molecular weight is 326 g/mol. The number of nitrogens with one attached hydrogen (secondary N) is 1. The smallest absolute Gasteiger partial charge is 0.132 e. The van der Waals surface area contributed by atoms with Gasteiger partial charge in [0, 0.05) is 53.6 Å². The van der Waals surface area contributed by atoms with Crippen molar-refractivity contribution in [2.45, 2.75) is 40.4 Å². The normalized spacial score (nSPS) is 11.6. The summed E-state index contributed by atoms with van der Waals surface area (Å²) in [5.41, 5.74) is 6.00. The Labute approximate surface area is 143 Å². The number of nitrogens with zero attached hydrogens (tertiary/aromatic N) is 3. The van der Waals surface area contributed by atoms with Crippen molar-refractivity contribution in [1.82, 2.24) is 19.7 Å². The summed E-state index contributed by atoms with van der Waals surface area (Å²) >= 11 is 0. The van der Waals surface area contributed by atoms with Crippen LogP contribution in [0.25, 0.3) is 10.9 Å². The van der Waals surface area contributed by atoms with Crippen molar-refractivity contribution in [3.63, 3.8) is 0 Å². The van der Waals surface area contributed by atoms with E-state index in [9.17, 15) is 0 Å². The van der Waals surface area contributed by atoms with Crippen LogP contribution in [0.4, 0.5) is 0 Å². The summed E-state index contributed by atoms with van der Waals surface area (Å²) in [5.74, 6) is 0.957. The number of hydrogen-bond donors (Lipinski definition) is 1. The summed E-state index contributed by atoms with van der Waals surface area (Å²) in [6.07, 6.45) is 1.95. The van der Waals surface area contributed by atoms with E-state index >= 15 is 0 Å². The first-order valence-electron chi connectivity index (χ1n) is 8.39. The maximum absolute atomic E-state index is 5.67. The van der Waals surface area contributed by atoms with Crippen LogP contribution in [0.2, 0.25) is 0 Å². The van der Waals surface area contributed by atoms with Crippen LogP contribution in [0.3, 0.4) is 0 Å². The van der Waals surface area contributed by atoms with Crippen molar-refractivity contribution < 1.29 is 4.74 Å². The molecule has 0 unspecified atom stereocenters. The van der Waals surface area contributed by atoms with Crippen LogP contribution in [0.1, 0.15) is 29.4 Å². The van der Waals surface area contributed by atoms with Gasteiger partial charge in [-0.3, -0.25) is 9.58 Å². The highest BCUT2D eigenvalue weighted by Crippen LogP contribution is 2.30. The van der Waals surface area contributed by atoms with E-state index in [1.54, 1.807) is 7.11 Å². The number of hydrogen-bond acceptors (Lipinski definition) is 3. The molecule has 0 atom stereocenters. The van der Waals surface area contributed by atoms with Gasteiger partial charge in [0.25, 0.3) is 0 Å². The van der Waals surface area contributed by atoms with E-state index in [-0.39, 0.29) is 0 Å². The molecular formula is C19H26N4O. The first-order valence-corrected chi connectivity index (χ1v) is 8.39.